The number of sulfonamides is 1. The third-order valence-electron chi connectivity index (χ3n) is 3.69. The molecule has 0 aromatic heterocycles. The maximum absolute atomic E-state index is 14.4. The van der Waals surface area contributed by atoms with E-state index in [1.54, 1.807) is 6.07 Å². The van der Waals surface area contributed by atoms with Crippen LogP contribution in [-0.4, -0.2) is 8.42 Å². The molecule has 9 heteroatoms. The van der Waals surface area contributed by atoms with Crippen LogP contribution in [-0.2, 0) is 10.0 Å². The smallest absolute Gasteiger partial charge is 0.262 e. The normalized spacial score (nSPS) is 11.4. The lowest BCUT2D eigenvalue weighted by Gasteiger charge is -2.16. The van der Waals surface area contributed by atoms with E-state index < -0.39 is 44.5 Å². The molecule has 27 heavy (non-hydrogen) atoms. The zero-order chi connectivity index (χ0) is 19.8. The van der Waals surface area contributed by atoms with Crippen LogP contribution in [0.5, 0.6) is 0 Å². The molecule has 0 aliphatic rings. The standard InChI is InChI=1S/C18H10ClF4NO2S/c19-11-8-6-10(7-9-11)13-14(20)15(21)16(22)17(23)18(13)24-27(25,26)12-4-2-1-3-5-12/h1-9,24H. The van der Waals surface area contributed by atoms with Gasteiger partial charge in [0.05, 0.1) is 10.6 Å². The second kappa shape index (κ2) is 7.21. The van der Waals surface area contributed by atoms with E-state index in [-0.39, 0.29) is 15.5 Å². The van der Waals surface area contributed by atoms with Gasteiger partial charge in [0.15, 0.2) is 23.3 Å². The lowest BCUT2D eigenvalue weighted by atomic mass is 10.0. The molecule has 0 aliphatic heterocycles. The molecule has 3 nitrogen and oxygen atoms in total. The molecule has 0 radical (unpaired) electrons. The summed E-state index contributed by atoms with van der Waals surface area (Å²) in [4.78, 5) is -0.267. The van der Waals surface area contributed by atoms with Crippen molar-refractivity contribution in [1.82, 2.24) is 0 Å². The highest BCUT2D eigenvalue weighted by atomic mass is 35.5. The Balaban J connectivity index is 2.24. The zero-order valence-corrected chi connectivity index (χ0v) is 14.9. The monoisotopic (exact) mass is 415 g/mol. The molecule has 0 saturated carbocycles. The summed E-state index contributed by atoms with van der Waals surface area (Å²) >= 11 is 5.74. The van der Waals surface area contributed by atoms with E-state index in [0.717, 1.165) is 0 Å². The fourth-order valence-corrected chi connectivity index (χ4v) is 3.63. The van der Waals surface area contributed by atoms with Gasteiger partial charge in [-0.05, 0) is 29.8 Å². The van der Waals surface area contributed by atoms with Gasteiger partial charge in [-0.15, -0.1) is 0 Å². The molecular formula is C18H10ClF4NO2S. The van der Waals surface area contributed by atoms with Gasteiger partial charge >= 0.3 is 0 Å². The molecule has 3 aromatic rings. The van der Waals surface area contributed by atoms with E-state index in [0.29, 0.717) is 0 Å². The number of halogens is 5. The first-order chi connectivity index (χ1) is 12.7. The minimum atomic E-state index is -4.39. The molecule has 0 saturated heterocycles. The van der Waals surface area contributed by atoms with Gasteiger partial charge in [0, 0.05) is 10.6 Å². The average Bonchev–Trinajstić information content (AvgIpc) is 2.66. The molecule has 0 amide bonds. The predicted octanol–water partition coefficient (Wildman–Crippen LogP) is 5.36. The topological polar surface area (TPSA) is 46.2 Å². The van der Waals surface area contributed by atoms with Gasteiger partial charge < -0.3 is 0 Å². The van der Waals surface area contributed by atoms with Crippen molar-refractivity contribution in [3.05, 3.63) is 82.9 Å². The third-order valence-corrected chi connectivity index (χ3v) is 5.31. The maximum atomic E-state index is 14.4. The Morgan fingerprint density at radius 1 is 0.741 bits per heavy atom. The van der Waals surface area contributed by atoms with Gasteiger partial charge in [-0.1, -0.05) is 41.9 Å². The lowest BCUT2D eigenvalue weighted by Crippen LogP contribution is -2.17. The first kappa shape index (κ1) is 19.2. The van der Waals surface area contributed by atoms with Gasteiger partial charge in [-0.25, -0.2) is 26.0 Å². The molecular weight excluding hydrogens is 406 g/mol. The van der Waals surface area contributed by atoms with E-state index >= 15 is 0 Å². The van der Waals surface area contributed by atoms with Gasteiger partial charge in [-0.2, -0.15) is 0 Å². The second-order valence-corrected chi connectivity index (χ2v) is 7.55. The lowest BCUT2D eigenvalue weighted by molar-refractivity contribution is 0.413. The van der Waals surface area contributed by atoms with Crippen LogP contribution < -0.4 is 4.72 Å². The van der Waals surface area contributed by atoms with Crippen LogP contribution in [0.3, 0.4) is 0 Å². The van der Waals surface area contributed by atoms with Crippen LogP contribution in [0, 0.1) is 23.3 Å². The third kappa shape index (κ3) is 3.63. The molecule has 3 rings (SSSR count). The summed E-state index contributed by atoms with van der Waals surface area (Å²) in [6.45, 7) is 0. The molecule has 0 fully saturated rings. The molecule has 0 heterocycles. The molecule has 1 N–H and O–H groups in total. The quantitative estimate of drug-likeness (QED) is 0.354. The van der Waals surface area contributed by atoms with Crippen molar-refractivity contribution in [3.63, 3.8) is 0 Å². The number of anilines is 1. The maximum Gasteiger partial charge on any atom is 0.262 e. The highest BCUT2D eigenvalue weighted by Crippen LogP contribution is 2.38. The molecule has 0 unspecified atom stereocenters. The Hall–Kier alpha value is -2.58. The first-order valence-corrected chi connectivity index (χ1v) is 9.28. The molecule has 0 spiro atoms. The number of hydrogen-bond acceptors (Lipinski definition) is 2. The van der Waals surface area contributed by atoms with Crippen LogP contribution >= 0.6 is 11.6 Å². The molecule has 140 valence electrons. The summed E-state index contributed by atoms with van der Waals surface area (Å²) in [7, 11) is -4.39. The van der Waals surface area contributed by atoms with Crippen LogP contribution in [0.4, 0.5) is 23.2 Å². The van der Waals surface area contributed by atoms with Gasteiger partial charge in [0.1, 0.15) is 0 Å². The Morgan fingerprint density at radius 2 is 1.30 bits per heavy atom. The van der Waals surface area contributed by atoms with Crippen molar-refractivity contribution in [2.24, 2.45) is 0 Å². The Labute approximate surface area is 157 Å². The number of rotatable bonds is 4. The van der Waals surface area contributed by atoms with Crippen molar-refractivity contribution < 1.29 is 26.0 Å². The molecule has 0 aliphatic carbocycles. The highest BCUT2D eigenvalue weighted by Gasteiger charge is 2.29. The van der Waals surface area contributed by atoms with E-state index in [9.17, 15) is 26.0 Å². The summed E-state index contributed by atoms with van der Waals surface area (Å²) in [5.74, 6) is -7.78. The largest absolute Gasteiger partial charge is 0.276 e. The summed E-state index contributed by atoms with van der Waals surface area (Å²) in [5.41, 5.74) is -1.92. The van der Waals surface area contributed by atoms with Crippen molar-refractivity contribution in [2.75, 3.05) is 4.72 Å². The Bertz CT molecular complexity index is 1100. The van der Waals surface area contributed by atoms with Crippen LogP contribution in [0.1, 0.15) is 0 Å². The number of nitrogens with one attached hydrogen (secondary N) is 1. The van der Waals surface area contributed by atoms with E-state index in [4.69, 9.17) is 11.6 Å². The van der Waals surface area contributed by atoms with Crippen LogP contribution in [0.25, 0.3) is 11.1 Å². The Morgan fingerprint density at radius 3 is 1.89 bits per heavy atom. The van der Waals surface area contributed by atoms with Gasteiger partial charge in [0.2, 0.25) is 0 Å². The highest BCUT2D eigenvalue weighted by molar-refractivity contribution is 7.92. The van der Waals surface area contributed by atoms with E-state index in [1.165, 1.54) is 48.5 Å². The molecule has 0 atom stereocenters. The van der Waals surface area contributed by atoms with Crippen molar-refractivity contribution in [3.8, 4) is 11.1 Å². The number of benzene rings is 3. The fraction of sp³-hybridized carbons (Fsp3) is 0. The van der Waals surface area contributed by atoms with Crippen LogP contribution in [0.2, 0.25) is 5.02 Å². The number of hydrogen-bond donors (Lipinski definition) is 1. The van der Waals surface area contributed by atoms with E-state index in [1.807, 2.05) is 4.72 Å². The fourth-order valence-electron chi connectivity index (χ4n) is 2.41. The van der Waals surface area contributed by atoms with Gasteiger partial charge in [0.25, 0.3) is 10.0 Å². The Kier molecular flexibility index (Phi) is 5.12. The summed E-state index contributed by atoms with van der Waals surface area (Å²) in [5, 5.41) is 0.258. The zero-order valence-electron chi connectivity index (χ0n) is 13.3. The average molecular weight is 416 g/mol. The van der Waals surface area contributed by atoms with E-state index in [2.05, 4.69) is 0 Å². The second-order valence-electron chi connectivity index (χ2n) is 5.43. The predicted molar refractivity (Wildman–Crippen MR) is 94.0 cm³/mol. The van der Waals surface area contributed by atoms with Crippen molar-refractivity contribution in [1.29, 1.82) is 0 Å². The van der Waals surface area contributed by atoms with Crippen LogP contribution in [0.15, 0.2) is 59.5 Å². The summed E-state index contributed by atoms with van der Waals surface area (Å²) in [6.07, 6.45) is 0. The molecule has 3 aromatic carbocycles. The minimum absolute atomic E-state index is 0.0968. The SMILES string of the molecule is O=S(=O)(Nc1c(F)c(F)c(F)c(F)c1-c1ccc(Cl)cc1)c1ccccc1. The summed E-state index contributed by atoms with van der Waals surface area (Å²) in [6, 6.07) is 11.9. The first-order valence-electron chi connectivity index (χ1n) is 7.42. The summed E-state index contributed by atoms with van der Waals surface area (Å²) < 4.78 is 83.0. The molecule has 0 bridgehead atoms. The van der Waals surface area contributed by atoms with Crippen molar-refractivity contribution >= 4 is 27.3 Å². The van der Waals surface area contributed by atoms with Gasteiger partial charge in [-0.3, -0.25) is 4.72 Å². The van der Waals surface area contributed by atoms with Crippen molar-refractivity contribution in [2.45, 2.75) is 4.90 Å². The minimum Gasteiger partial charge on any atom is -0.276 e.